The van der Waals surface area contributed by atoms with Crippen molar-refractivity contribution in [3.63, 3.8) is 0 Å². The highest BCUT2D eigenvalue weighted by atomic mass is 14.9. The molecule has 0 aliphatic heterocycles. The lowest BCUT2D eigenvalue weighted by Gasteiger charge is -2.24. The van der Waals surface area contributed by atoms with Gasteiger partial charge in [0.1, 0.15) is 0 Å². The van der Waals surface area contributed by atoms with Gasteiger partial charge >= 0.3 is 0 Å². The molecule has 1 nitrogen and oxygen atoms in total. The Morgan fingerprint density at radius 2 is 0.815 bits per heavy atom. The number of anilines is 2. The molecule has 10 rings (SSSR count). The van der Waals surface area contributed by atoms with E-state index in [0.717, 1.165) is 11.4 Å². The highest BCUT2D eigenvalue weighted by Crippen LogP contribution is 2.53. The summed E-state index contributed by atoms with van der Waals surface area (Å²) in [6.07, 6.45) is 0. The third kappa shape index (κ3) is 5.32. The van der Waals surface area contributed by atoms with Gasteiger partial charge in [-0.15, -0.1) is 0 Å². The lowest BCUT2D eigenvalue weighted by atomic mass is 9.79. The minimum Gasteiger partial charge on any atom is -0.356 e. The van der Waals surface area contributed by atoms with Crippen LogP contribution in [0.1, 0.15) is 25.0 Å². The Morgan fingerprint density at radius 1 is 0.315 bits per heavy atom. The molecule has 0 saturated carbocycles. The highest BCUT2D eigenvalue weighted by Gasteiger charge is 2.36. The molecule has 0 saturated heterocycles. The fraction of sp³-hybridized carbons (Fsp3) is 0.0566. The van der Waals surface area contributed by atoms with Crippen LogP contribution in [0.2, 0.25) is 0 Å². The minimum absolute atomic E-state index is 0.137. The maximum atomic E-state index is 3.72. The molecule has 0 unspecified atom stereocenters. The van der Waals surface area contributed by atoms with Gasteiger partial charge in [-0.2, -0.15) is 0 Å². The van der Waals surface area contributed by atoms with E-state index in [2.05, 4.69) is 213 Å². The van der Waals surface area contributed by atoms with Crippen LogP contribution in [0.3, 0.4) is 0 Å². The van der Waals surface area contributed by atoms with Crippen molar-refractivity contribution in [2.24, 2.45) is 0 Å². The number of nitrogens with one attached hydrogen (secondary N) is 1. The van der Waals surface area contributed by atoms with Crippen molar-refractivity contribution in [2.45, 2.75) is 19.3 Å². The summed E-state index contributed by atoms with van der Waals surface area (Å²) in [5.74, 6) is 0. The van der Waals surface area contributed by atoms with Crippen LogP contribution in [0.5, 0.6) is 0 Å². The van der Waals surface area contributed by atoms with Gasteiger partial charge in [-0.3, -0.25) is 0 Å². The Kier molecular flexibility index (Phi) is 7.56. The van der Waals surface area contributed by atoms with Crippen molar-refractivity contribution in [3.8, 4) is 55.6 Å². The Morgan fingerprint density at radius 3 is 1.46 bits per heavy atom. The summed E-state index contributed by atoms with van der Waals surface area (Å²) in [6, 6.07) is 71.1. The molecule has 1 N–H and O–H groups in total. The molecule has 0 fully saturated rings. The van der Waals surface area contributed by atoms with Crippen LogP contribution in [0.4, 0.5) is 11.4 Å². The normalized spacial score (nSPS) is 12.8. The summed E-state index contributed by atoms with van der Waals surface area (Å²) >= 11 is 0. The van der Waals surface area contributed by atoms with E-state index in [1.165, 1.54) is 88.3 Å². The monoisotopic (exact) mass is 689 g/mol. The van der Waals surface area contributed by atoms with Crippen LogP contribution in [0.25, 0.3) is 77.2 Å². The van der Waals surface area contributed by atoms with Crippen molar-refractivity contribution in [1.82, 2.24) is 0 Å². The standard InChI is InChI=1S/C53H39N/c1-53(2)49-27-13-12-26-43(49)45-33-47-48(34-50(45)53)52(40-23-15-21-38(31-40)36-18-8-4-9-19-36)46-32-42(54-41-24-10-5-11-25-41)28-29-44(46)51(47)39-22-14-20-37(30-39)35-16-6-3-7-17-35/h3-34,54H,1-2H3. The van der Waals surface area contributed by atoms with Crippen LogP contribution in [-0.2, 0) is 5.41 Å². The van der Waals surface area contributed by atoms with Gasteiger partial charge < -0.3 is 5.32 Å². The fourth-order valence-corrected chi connectivity index (χ4v) is 8.78. The van der Waals surface area contributed by atoms with Crippen LogP contribution in [0, 0.1) is 0 Å². The zero-order valence-electron chi connectivity index (χ0n) is 30.5. The molecule has 1 heteroatoms. The number of rotatable bonds is 6. The smallest absolute Gasteiger partial charge is 0.0390 e. The van der Waals surface area contributed by atoms with Gasteiger partial charge in [0.15, 0.2) is 0 Å². The lowest BCUT2D eigenvalue weighted by Crippen LogP contribution is -2.14. The maximum absolute atomic E-state index is 3.72. The van der Waals surface area contributed by atoms with Crippen LogP contribution < -0.4 is 5.32 Å². The van der Waals surface area contributed by atoms with Gasteiger partial charge in [-0.25, -0.2) is 0 Å². The summed E-state index contributed by atoms with van der Waals surface area (Å²) in [4.78, 5) is 0. The Balaban J connectivity index is 1.33. The van der Waals surface area contributed by atoms with E-state index in [4.69, 9.17) is 0 Å². The van der Waals surface area contributed by atoms with E-state index in [1.807, 2.05) is 0 Å². The lowest BCUT2D eigenvalue weighted by molar-refractivity contribution is 0.661. The summed E-state index contributed by atoms with van der Waals surface area (Å²) < 4.78 is 0. The molecular weight excluding hydrogens is 651 g/mol. The SMILES string of the molecule is CC1(C)c2ccccc2-c2cc3c(-c4cccc(-c5ccccc5)c4)c4ccc(Nc5ccccc5)cc4c(-c4cccc(-c5ccccc5)c4)c3cc21. The molecular formula is C53H39N. The van der Waals surface area contributed by atoms with E-state index in [9.17, 15) is 0 Å². The molecule has 0 heterocycles. The van der Waals surface area contributed by atoms with Crippen molar-refractivity contribution in [2.75, 3.05) is 5.32 Å². The number of hydrogen-bond acceptors (Lipinski definition) is 1. The number of fused-ring (bicyclic) bond motifs is 5. The molecule has 54 heavy (non-hydrogen) atoms. The second kappa shape index (κ2) is 12.8. The van der Waals surface area contributed by atoms with Gasteiger partial charge in [0, 0.05) is 16.8 Å². The molecule has 0 amide bonds. The maximum Gasteiger partial charge on any atom is 0.0390 e. The predicted octanol–water partition coefficient (Wildman–Crippen LogP) is 14.7. The Labute approximate surface area is 317 Å². The topological polar surface area (TPSA) is 12.0 Å². The van der Waals surface area contributed by atoms with Crippen LogP contribution in [0.15, 0.2) is 194 Å². The predicted molar refractivity (Wildman–Crippen MR) is 230 cm³/mol. The van der Waals surface area contributed by atoms with Crippen LogP contribution in [-0.4, -0.2) is 0 Å². The van der Waals surface area contributed by atoms with Crippen molar-refractivity contribution >= 4 is 32.9 Å². The molecule has 0 atom stereocenters. The largest absolute Gasteiger partial charge is 0.356 e. The van der Waals surface area contributed by atoms with Gasteiger partial charge in [0.25, 0.3) is 0 Å². The molecule has 256 valence electrons. The zero-order valence-corrected chi connectivity index (χ0v) is 30.5. The first-order chi connectivity index (χ1) is 26.5. The summed E-state index contributed by atoms with van der Waals surface area (Å²) in [5.41, 5.74) is 17.2. The molecule has 9 aromatic rings. The summed E-state index contributed by atoms with van der Waals surface area (Å²) in [5, 5.41) is 8.71. The van der Waals surface area contributed by atoms with Gasteiger partial charge in [0.2, 0.25) is 0 Å². The molecule has 0 radical (unpaired) electrons. The second-order valence-corrected chi connectivity index (χ2v) is 15.0. The van der Waals surface area contributed by atoms with E-state index in [-0.39, 0.29) is 5.41 Å². The van der Waals surface area contributed by atoms with Crippen molar-refractivity contribution < 1.29 is 0 Å². The van der Waals surface area contributed by atoms with Gasteiger partial charge in [-0.1, -0.05) is 159 Å². The average Bonchev–Trinajstić information content (AvgIpc) is 3.45. The molecule has 0 bridgehead atoms. The minimum atomic E-state index is -0.137. The molecule has 0 aromatic heterocycles. The number of benzene rings is 9. The molecule has 1 aliphatic carbocycles. The van der Waals surface area contributed by atoms with Gasteiger partial charge in [0.05, 0.1) is 0 Å². The van der Waals surface area contributed by atoms with Gasteiger partial charge in [-0.05, 0) is 137 Å². The first kappa shape index (κ1) is 32.0. The molecule has 0 spiro atoms. The second-order valence-electron chi connectivity index (χ2n) is 15.0. The Bertz CT molecular complexity index is 2850. The first-order valence-electron chi connectivity index (χ1n) is 18.8. The van der Waals surface area contributed by atoms with Crippen molar-refractivity contribution in [3.05, 3.63) is 205 Å². The number of hydrogen-bond donors (Lipinski definition) is 1. The third-order valence-electron chi connectivity index (χ3n) is 11.4. The fourth-order valence-electron chi connectivity index (χ4n) is 8.78. The molecule has 1 aliphatic rings. The zero-order chi connectivity index (χ0) is 36.2. The summed E-state index contributed by atoms with van der Waals surface area (Å²) in [6.45, 7) is 4.76. The van der Waals surface area contributed by atoms with E-state index in [0.29, 0.717) is 0 Å². The number of para-hydroxylation sites is 1. The van der Waals surface area contributed by atoms with E-state index < -0.39 is 0 Å². The average molecular weight is 690 g/mol. The highest BCUT2D eigenvalue weighted by molar-refractivity contribution is 6.23. The van der Waals surface area contributed by atoms with E-state index in [1.54, 1.807) is 0 Å². The quantitative estimate of drug-likeness (QED) is 0.171. The first-order valence-corrected chi connectivity index (χ1v) is 18.8. The van der Waals surface area contributed by atoms with Crippen LogP contribution >= 0.6 is 0 Å². The van der Waals surface area contributed by atoms with Crippen molar-refractivity contribution in [1.29, 1.82) is 0 Å². The Hall–Kier alpha value is -6.70. The molecule has 9 aromatic carbocycles. The summed E-state index contributed by atoms with van der Waals surface area (Å²) in [7, 11) is 0. The third-order valence-corrected chi connectivity index (χ3v) is 11.4. The van der Waals surface area contributed by atoms with E-state index >= 15 is 0 Å².